The Balaban J connectivity index is 1.87. The van der Waals surface area contributed by atoms with Crippen LogP contribution in [0, 0.1) is 13.8 Å². The Morgan fingerprint density at radius 2 is 2.00 bits per heavy atom. The Hall–Kier alpha value is -2.14. The van der Waals surface area contributed by atoms with Crippen molar-refractivity contribution in [3.8, 4) is 0 Å². The lowest BCUT2D eigenvalue weighted by molar-refractivity contribution is -0.138. The summed E-state index contributed by atoms with van der Waals surface area (Å²) in [5, 5.41) is 11.9. The number of carboxylic acids is 1. The van der Waals surface area contributed by atoms with Crippen molar-refractivity contribution in [1.29, 1.82) is 0 Å². The lowest BCUT2D eigenvalue weighted by Crippen LogP contribution is -2.13. The van der Waals surface area contributed by atoms with Gasteiger partial charge in [-0.25, -0.2) is 0 Å². The fourth-order valence-corrected chi connectivity index (χ4v) is 3.60. The predicted molar refractivity (Wildman–Crippen MR) is 97.9 cm³/mol. The molecular weight excluding hydrogens is 322 g/mol. The van der Waals surface area contributed by atoms with Gasteiger partial charge in [-0.05, 0) is 62.9 Å². The molecule has 0 fully saturated rings. The number of rotatable bonds is 7. The van der Waals surface area contributed by atoms with Crippen molar-refractivity contribution >= 4 is 28.9 Å². The summed E-state index contributed by atoms with van der Waals surface area (Å²) in [6.07, 6.45) is 2.15. The van der Waals surface area contributed by atoms with E-state index in [9.17, 15) is 9.59 Å². The number of carboxylic acid groups (broad SMARTS) is 1. The highest BCUT2D eigenvalue weighted by atomic mass is 32.1. The normalized spacial score (nSPS) is 12.0. The summed E-state index contributed by atoms with van der Waals surface area (Å²) in [6.45, 7) is 5.84. The third-order valence-electron chi connectivity index (χ3n) is 4.03. The zero-order valence-electron chi connectivity index (χ0n) is 14.3. The second-order valence-corrected chi connectivity index (χ2v) is 7.49. The largest absolute Gasteiger partial charge is 0.481 e. The molecule has 1 aromatic carbocycles. The van der Waals surface area contributed by atoms with Gasteiger partial charge in [-0.3, -0.25) is 9.59 Å². The molecule has 24 heavy (non-hydrogen) atoms. The van der Waals surface area contributed by atoms with E-state index >= 15 is 0 Å². The fourth-order valence-electron chi connectivity index (χ4n) is 2.62. The first kappa shape index (κ1) is 18.2. The molecule has 2 rings (SSSR count). The summed E-state index contributed by atoms with van der Waals surface area (Å²) in [4.78, 5) is 25.8. The van der Waals surface area contributed by atoms with Gasteiger partial charge in [0.15, 0.2) is 0 Å². The summed E-state index contributed by atoms with van der Waals surface area (Å²) >= 11 is 1.79. The van der Waals surface area contributed by atoms with Crippen LogP contribution in [0.15, 0.2) is 30.3 Å². The molecule has 4 nitrogen and oxygen atoms in total. The molecule has 1 aromatic heterocycles. The number of hydrogen-bond acceptors (Lipinski definition) is 3. The highest BCUT2D eigenvalue weighted by molar-refractivity contribution is 7.12. The van der Waals surface area contributed by atoms with Crippen molar-refractivity contribution in [3.05, 3.63) is 51.2 Å². The number of amides is 1. The summed E-state index contributed by atoms with van der Waals surface area (Å²) in [5.41, 5.74) is 2.65. The van der Waals surface area contributed by atoms with Crippen LogP contribution in [0.25, 0.3) is 0 Å². The van der Waals surface area contributed by atoms with Crippen molar-refractivity contribution in [2.24, 2.45) is 0 Å². The third-order valence-corrected chi connectivity index (χ3v) is 5.04. The second-order valence-electron chi connectivity index (χ2n) is 6.03. The molecule has 0 saturated heterocycles. The molecule has 0 aliphatic heterocycles. The Labute approximate surface area is 146 Å². The van der Waals surface area contributed by atoms with Gasteiger partial charge in [-0.2, -0.15) is 0 Å². The molecular formula is C19H23NO3S. The van der Waals surface area contributed by atoms with E-state index < -0.39 is 11.9 Å². The number of carbonyl (C=O) groups excluding carboxylic acids is 1. The van der Waals surface area contributed by atoms with Crippen molar-refractivity contribution in [2.45, 2.75) is 46.0 Å². The SMILES string of the molecule is Cc1cc(CCCC(=O)Nc2cccc(C(C)C(=O)O)c2)c(C)s1. The molecule has 0 bridgehead atoms. The predicted octanol–water partition coefficient (Wildman–Crippen LogP) is 4.51. The zero-order valence-corrected chi connectivity index (χ0v) is 15.1. The maximum Gasteiger partial charge on any atom is 0.310 e. The smallest absolute Gasteiger partial charge is 0.310 e. The van der Waals surface area contributed by atoms with Crippen LogP contribution in [-0.4, -0.2) is 17.0 Å². The van der Waals surface area contributed by atoms with Gasteiger partial charge < -0.3 is 10.4 Å². The molecule has 2 N–H and O–H groups in total. The van der Waals surface area contributed by atoms with Crippen LogP contribution in [0.1, 0.15) is 46.6 Å². The van der Waals surface area contributed by atoms with Gasteiger partial charge >= 0.3 is 5.97 Å². The summed E-state index contributed by atoms with van der Waals surface area (Å²) < 4.78 is 0. The van der Waals surface area contributed by atoms with Gasteiger partial charge in [0.05, 0.1) is 5.92 Å². The minimum absolute atomic E-state index is 0.0419. The molecule has 1 unspecified atom stereocenters. The number of thiophene rings is 1. The molecule has 0 radical (unpaired) electrons. The average Bonchev–Trinajstić information content (AvgIpc) is 2.84. The van der Waals surface area contributed by atoms with E-state index in [0.29, 0.717) is 17.7 Å². The molecule has 0 spiro atoms. The van der Waals surface area contributed by atoms with Crippen molar-refractivity contribution < 1.29 is 14.7 Å². The van der Waals surface area contributed by atoms with Crippen LogP contribution in [0.4, 0.5) is 5.69 Å². The first-order chi connectivity index (χ1) is 11.4. The van der Waals surface area contributed by atoms with Crippen LogP contribution >= 0.6 is 11.3 Å². The zero-order chi connectivity index (χ0) is 17.7. The first-order valence-electron chi connectivity index (χ1n) is 8.05. The van der Waals surface area contributed by atoms with Gasteiger partial charge in [-0.15, -0.1) is 11.3 Å². The van der Waals surface area contributed by atoms with Gasteiger partial charge in [0.1, 0.15) is 0 Å². The second kappa shape index (κ2) is 8.11. The van der Waals surface area contributed by atoms with E-state index in [0.717, 1.165) is 12.8 Å². The van der Waals surface area contributed by atoms with Gasteiger partial charge in [-0.1, -0.05) is 12.1 Å². The summed E-state index contributed by atoms with van der Waals surface area (Å²) in [6, 6.07) is 9.22. The molecule has 2 aromatic rings. The fraction of sp³-hybridized carbons (Fsp3) is 0.368. The quantitative estimate of drug-likeness (QED) is 0.775. The maximum atomic E-state index is 12.1. The highest BCUT2D eigenvalue weighted by Gasteiger charge is 2.14. The van der Waals surface area contributed by atoms with Gasteiger partial charge in [0, 0.05) is 21.9 Å². The van der Waals surface area contributed by atoms with Crippen molar-refractivity contribution in [3.63, 3.8) is 0 Å². The number of nitrogens with one attached hydrogen (secondary N) is 1. The molecule has 5 heteroatoms. The van der Waals surface area contributed by atoms with Gasteiger partial charge in [0.25, 0.3) is 0 Å². The standard InChI is InChI=1S/C19H23NO3S/c1-12-10-16(14(3)24-12)7-5-9-18(21)20-17-8-4-6-15(11-17)13(2)19(22)23/h4,6,8,10-11,13H,5,7,9H2,1-3H3,(H,20,21)(H,22,23). The number of carbonyl (C=O) groups is 2. The first-order valence-corrected chi connectivity index (χ1v) is 8.87. The Morgan fingerprint density at radius 1 is 1.25 bits per heavy atom. The maximum absolute atomic E-state index is 12.1. The number of aliphatic carboxylic acids is 1. The van der Waals surface area contributed by atoms with E-state index in [1.165, 1.54) is 15.3 Å². The van der Waals surface area contributed by atoms with Crippen molar-refractivity contribution in [2.75, 3.05) is 5.32 Å². The molecule has 1 atom stereocenters. The molecule has 128 valence electrons. The summed E-state index contributed by atoms with van der Waals surface area (Å²) in [5.74, 6) is -1.51. The molecule has 0 aliphatic rings. The van der Waals surface area contributed by atoms with Gasteiger partial charge in [0.2, 0.25) is 5.91 Å². The van der Waals surface area contributed by atoms with Crippen molar-refractivity contribution in [1.82, 2.24) is 0 Å². The third kappa shape index (κ3) is 4.93. The Kier molecular flexibility index (Phi) is 6.15. The minimum atomic E-state index is -0.875. The number of benzene rings is 1. The molecule has 1 amide bonds. The van der Waals surface area contributed by atoms with Crippen LogP contribution in [0.3, 0.4) is 0 Å². The van der Waals surface area contributed by atoms with Crippen LogP contribution in [0.5, 0.6) is 0 Å². The molecule has 0 saturated carbocycles. The Bertz CT molecular complexity index is 736. The number of hydrogen-bond donors (Lipinski definition) is 2. The topological polar surface area (TPSA) is 66.4 Å². The van der Waals surface area contributed by atoms with Crippen LogP contribution < -0.4 is 5.32 Å². The van der Waals surface area contributed by atoms with E-state index in [4.69, 9.17) is 5.11 Å². The molecule has 1 heterocycles. The number of anilines is 1. The van der Waals surface area contributed by atoms with E-state index in [2.05, 4.69) is 25.2 Å². The monoisotopic (exact) mass is 345 g/mol. The van der Waals surface area contributed by atoms with E-state index in [1.54, 1.807) is 42.5 Å². The van der Waals surface area contributed by atoms with Crippen LogP contribution in [-0.2, 0) is 16.0 Å². The average molecular weight is 345 g/mol. The lowest BCUT2D eigenvalue weighted by atomic mass is 10.0. The lowest BCUT2D eigenvalue weighted by Gasteiger charge is -2.10. The number of aryl methyl sites for hydroxylation is 3. The molecule has 0 aliphatic carbocycles. The minimum Gasteiger partial charge on any atom is -0.481 e. The Morgan fingerprint density at radius 3 is 2.62 bits per heavy atom. The highest BCUT2D eigenvalue weighted by Crippen LogP contribution is 2.23. The van der Waals surface area contributed by atoms with Crippen LogP contribution in [0.2, 0.25) is 0 Å². The van der Waals surface area contributed by atoms with E-state index in [-0.39, 0.29) is 5.91 Å². The van der Waals surface area contributed by atoms with E-state index in [1.807, 2.05) is 0 Å². The summed E-state index contributed by atoms with van der Waals surface area (Å²) in [7, 11) is 0.